The number of ether oxygens (including phenoxy) is 1. The number of halogens is 3. The monoisotopic (exact) mass is 343 g/mol. The molecule has 20 heavy (non-hydrogen) atoms. The molecule has 1 aromatic carbocycles. The van der Waals surface area contributed by atoms with E-state index < -0.39 is 6.61 Å². The van der Waals surface area contributed by atoms with Crippen molar-refractivity contribution in [1.29, 1.82) is 0 Å². The molecule has 2 aromatic rings. The van der Waals surface area contributed by atoms with Gasteiger partial charge in [0, 0.05) is 18.3 Å². The summed E-state index contributed by atoms with van der Waals surface area (Å²) in [6.45, 7) is -0.133. The number of hydrogen-bond acceptors (Lipinski definition) is 4. The predicted octanol–water partition coefficient (Wildman–Crippen LogP) is 3.94. The van der Waals surface area contributed by atoms with Gasteiger partial charge in [-0.1, -0.05) is 0 Å². The van der Waals surface area contributed by atoms with E-state index in [0.29, 0.717) is 11.6 Å². The van der Waals surface area contributed by atoms with Gasteiger partial charge in [-0.3, -0.25) is 0 Å². The van der Waals surface area contributed by atoms with E-state index in [1.165, 1.54) is 12.1 Å². The standard InChI is InChI=1S/C13H12BrF2N3O/c1-2-17-12-10(14)7-18-11(19-12)8-3-5-9(6-4-8)20-13(15)16/h3-7,13H,2H2,1H3,(H,17,18,19). The second-order valence-corrected chi connectivity index (χ2v) is 4.68. The maximum atomic E-state index is 12.1. The lowest BCUT2D eigenvalue weighted by Crippen LogP contribution is -2.03. The van der Waals surface area contributed by atoms with Gasteiger partial charge >= 0.3 is 6.61 Å². The molecule has 1 aromatic heterocycles. The van der Waals surface area contributed by atoms with Crippen molar-refractivity contribution in [2.75, 3.05) is 11.9 Å². The van der Waals surface area contributed by atoms with Crippen LogP contribution >= 0.6 is 15.9 Å². The molecule has 0 fully saturated rings. The molecule has 0 aliphatic heterocycles. The van der Waals surface area contributed by atoms with Crippen molar-refractivity contribution >= 4 is 21.7 Å². The van der Waals surface area contributed by atoms with Crippen molar-refractivity contribution in [1.82, 2.24) is 9.97 Å². The molecule has 0 unspecified atom stereocenters. The fourth-order valence-electron chi connectivity index (χ4n) is 1.58. The van der Waals surface area contributed by atoms with Crippen molar-refractivity contribution in [3.05, 3.63) is 34.9 Å². The molecule has 0 aliphatic carbocycles. The summed E-state index contributed by atoms with van der Waals surface area (Å²) in [5.74, 6) is 1.30. The van der Waals surface area contributed by atoms with Crippen LogP contribution in [0.5, 0.6) is 5.75 Å². The largest absolute Gasteiger partial charge is 0.435 e. The Hall–Kier alpha value is -1.76. The van der Waals surface area contributed by atoms with E-state index in [0.717, 1.165) is 16.6 Å². The number of alkyl halides is 2. The molecule has 0 radical (unpaired) electrons. The third-order valence-electron chi connectivity index (χ3n) is 2.43. The van der Waals surface area contributed by atoms with Crippen molar-refractivity contribution in [3.63, 3.8) is 0 Å². The number of benzene rings is 1. The van der Waals surface area contributed by atoms with Gasteiger partial charge in [-0.2, -0.15) is 8.78 Å². The van der Waals surface area contributed by atoms with Crippen LogP contribution in [-0.2, 0) is 0 Å². The average molecular weight is 344 g/mol. The highest BCUT2D eigenvalue weighted by Crippen LogP contribution is 2.25. The second-order valence-electron chi connectivity index (χ2n) is 3.82. The Bertz CT molecular complexity index is 578. The third kappa shape index (κ3) is 3.63. The first kappa shape index (κ1) is 14.6. The van der Waals surface area contributed by atoms with Gasteiger partial charge in [-0.25, -0.2) is 9.97 Å². The van der Waals surface area contributed by atoms with Crippen molar-refractivity contribution in [2.24, 2.45) is 0 Å². The Morgan fingerprint density at radius 1 is 1.30 bits per heavy atom. The molecule has 7 heteroatoms. The lowest BCUT2D eigenvalue weighted by Gasteiger charge is -2.08. The molecule has 1 heterocycles. The molecule has 0 saturated heterocycles. The molecule has 4 nitrogen and oxygen atoms in total. The van der Waals surface area contributed by atoms with E-state index in [2.05, 4.69) is 36.0 Å². The molecule has 0 aliphatic rings. The van der Waals surface area contributed by atoms with Gasteiger partial charge in [0.1, 0.15) is 11.6 Å². The van der Waals surface area contributed by atoms with Crippen molar-refractivity contribution in [2.45, 2.75) is 13.5 Å². The van der Waals surface area contributed by atoms with Crippen molar-refractivity contribution < 1.29 is 13.5 Å². The van der Waals surface area contributed by atoms with Crippen LogP contribution in [0.25, 0.3) is 11.4 Å². The Labute approximate surface area is 123 Å². The number of rotatable bonds is 5. The second kappa shape index (κ2) is 6.60. The molecular formula is C13H12BrF2N3O. The predicted molar refractivity (Wildman–Crippen MR) is 76.0 cm³/mol. The highest BCUT2D eigenvalue weighted by atomic mass is 79.9. The zero-order valence-electron chi connectivity index (χ0n) is 10.6. The van der Waals surface area contributed by atoms with Gasteiger partial charge in [-0.05, 0) is 47.1 Å². The first-order valence-electron chi connectivity index (χ1n) is 5.91. The highest BCUT2D eigenvalue weighted by Gasteiger charge is 2.08. The number of nitrogens with zero attached hydrogens (tertiary/aromatic N) is 2. The summed E-state index contributed by atoms with van der Waals surface area (Å²) in [4.78, 5) is 8.56. The Morgan fingerprint density at radius 2 is 2.00 bits per heavy atom. The summed E-state index contributed by atoms with van der Waals surface area (Å²) in [5, 5.41) is 3.10. The first-order valence-corrected chi connectivity index (χ1v) is 6.71. The molecule has 106 valence electrons. The van der Waals surface area contributed by atoms with Gasteiger partial charge in [0.15, 0.2) is 5.82 Å². The quantitative estimate of drug-likeness (QED) is 0.893. The van der Waals surface area contributed by atoms with Gasteiger partial charge in [-0.15, -0.1) is 0 Å². The SMILES string of the molecule is CCNc1nc(-c2ccc(OC(F)F)cc2)ncc1Br. The Balaban J connectivity index is 2.25. The molecule has 0 spiro atoms. The molecule has 0 amide bonds. The topological polar surface area (TPSA) is 47.0 Å². The third-order valence-corrected chi connectivity index (χ3v) is 3.01. The summed E-state index contributed by atoms with van der Waals surface area (Å²) in [6, 6.07) is 6.19. The lowest BCUT2D eigenvalue weighted by molar-refractivity contribution is -0.0498. The minimum absolute atomic E-state index is 0.104. The Morgan fingerprint density at radius 3 is 2.60 bits per heavy atom. The first-order chi connectivity index (χ1) is 9.60. The molecule has 1 N–H and O–H groups in total. The number of hydrogen-bond donors (Lipinski definition) is 1. The molecule has 0 saturated carbocycles. The van der Waals surface area contributed by atoms with E-state index in [4.69, 9.17) is 0 Å². The zero-order chi connectivity index (χ0) is 14.5. The summed E-state index contributed by atoms with van der Waals surface area (Å²) < 4.78 is 29.2. The maximum Gasteiger partial charge on any atom is 0.387 e. The maximum absolute atomic E-state index is 12.1. The Kier molecular flexibility index (Phi) is 4.84. The van der Waals surface area contributed by atoms with E-state index in [-0.39, 0.29) is 5.75 Å². The van der Waals surface area contributed by atoms with Crippen LogP contribution in [0.3, 0.4) is 0 Å². The fourth-order valence-corrected chi connectivity index (χ4v) is 1.91. The van der Waals surface area contributed by atoms with E-state index in [9.17, 15) is 8.78 Å². The van der Waals surface area contributed by atoms with Crippen LogP contribution in [0.4, 0.5) is 14.6 Å². The molecular weight excluding hydrogens is 332 g/mol. The van der Waals surface area contributed by atoms with Crippen LogP contribution in [0.1, 0.15) is 6.92 Å². The number of anilines is 1. The van der Waals surface area contributed by atoms with Gasteiger partial charge in [0.05, 0.1) is 4.47 Å². The average Bonchev–Trinajstić information content (AvgIpc) is 2.42. The van der Waals surface area contributed by atoms with Gasteiger partial charge < -0.3 is 10.1 Å². The summed E-state index contributed by atoms with van der Waals surface area (Å²) in [5.41, 5.74) is 0.721. The minimum Gasteiger partial charge on any atom is -0.435 e. The van der Waals surface area contributed by atoms with E-state index in [1.54, 1.807) is 18.3 Å². The minimum atomic E-state index is -2.83. The molecule has 0 atom stereocenters. The molecule has 2 rings (SSSR count). The van der Waals surface area contributed by atoms with Crippen LogP contribution in [0, 0.1) is 0 Å². The highest BCUT2D eigenvalue weighted by molar-refractivity contribution is 9.10. The summed E-state index contributed by atoms with van der Waals surface area (Å²) in [6.07, 6.45) is 1.64. The van der Waals surface area contributed by atoms with Crippen molar-refractivity contribution in [3.8, 4) is 17.1 Å². The van der Waals surface area contributed by atoms with Crippen LogP contribution in [-0.4, -0.2) is 23.1 Å². The number of aromatic nitrogens is 2. The van der Waals surface area contributed by atoms with Crippen LogP contribution < -0.4 is 10.1 Å². The lowest BCUT2D eigenvalue weighted by atomic mass is 10.2. The van der Waals surface area contributed by atoms with E-state index in [1.807, 2.05) is 6.92 Å². The normalized spacial score (nSPS) is 10.7. The number of nitrogens with one attached hydrogen (secondary N) is 1. The smallest absolute Gasteiger partial charge is 0.387 e. The van der Waals surface area contributed by atoms with E-state index >= 15 is 0 Å². The van der Waals surface area contributed by atoms with Gasteiger partial charge in [0.25, 0.3) is 0 Å². The molecule has 0 bridgehead atoms. The fraction of sp³-hybridized carbons (Fsp3) is 0.231. The summed E-state index contributed by atoms with van der Waals surface area (Å²) in [7, 11) is 0. The zero-order valence-corrected chi connectivity index (χ0v) is 12.2. The van der Waals surface area contributed by atoms with Crippen LogP contribution in [0.2, 0.25) is 0 Å². The summed E-state index contributed by atoms with van der Waals surface area (Å²) >= 11 is 3.35. The van der Waals surface area contributed by atoms with Gasteiger partial charge in [0.2, 0.25) is 0 Å². The van der Waals surface area contributed by atoms with Crippen LogP contribution in [0.15, 0.2) is 34.9 Å².